The van der Waals surface area contributed by atoms with Crippen LogP contribution in [0.1, 0.15) is 32.0 Å². The minimum Gasteiger partial charge on any atom is -0.339 e. The van der Waals surface area contributed by atoms with Gasteiger partial charge >= 0.3 is 0 Å². The van der Waals surface area contributed by atoms with E-state index in [0.29, 0.717) is 17.7 Å². The summed E-state index contributed by atoms with van der Waals surface area (Å²) in [5.41, 5.74) is 0. The van der Waals surface area contributed by atoms with Crippen LogP contribution in [-0.4, -0.2) is 22.7 Å². The molecule has 0 fully saturated rings. The number of halogens is 1. The quantitative estimate of drug-likeness (QED) is 0.745. The Morgan fingerprint density at radius 2 is 2.05 bits per heavy atom. The zero-order valence-electron chi connectivity index (χ0n) is 12.3. The van der Waals surface area contributed by atoms with E-state index in [1.165, 1.54) is 0 Å². The number of thioether (sulfide) groups is 1. The lowest BCUT2D eigenvalue weighted by Crippen LogP contribution is -2.30. The van der Waals surface area contributed by atoms with Gasteiger partial charge in [0.15, 0.2) is 5.82 Å². The molecule has 1 aromatic carbocycles. The first kappa shape index (κ1) is 16.3. The number of likely N-dealkylation sites (N-methyl/N-ethyl adjacent to an activating group) is 1. The average Bonchev–Trinajstić information content (AvgIpc) is 2.94. The van der Waals surface area contributed by atoms with Crippen LogP contribution in [0.4, 0.5) is 0 Å². The molecule has 21 heavy (non-hydrogen) atoms. The van der Waals surface area contributed by atoms with Crippen LogP contribution in [0, 0.1) is 0 Å². The number of nitrogens with zero attached hydrogens (tertiary/aromatic N) is 2. The molecule has 0 saturated carbocycles. The van der Waals surface area contributed by atoms with Crippen molar-refractivity contribution in [3.05, 3.63) is 41.0 Å². The third-order valence-electron chi connectivity index (χ3n) is 3.10. The van der Waals surface area contributed by atoms with Gasteiger partial charge < -0.3 is 9.84 Å². The third-order valence-corrected chi connectivity index (χ3v) is 4.36. The Hall–Kier alpha value is -1.04. The summed E-state index contributed by atoms with van der Waals surface area (Å²) in [7, 11) is 0. The molecule has 0 aliphatic heterocycles. The Morgan fingerprint density at radius 1 is 1.29 bits per heavy atom. The van der Waals surface area contributed by atoms with Crippen LogP contribution in [0.15, 0.2) is 33.7 Å². The SMILES string of the molecule is CCNC(CC)Cc1nc(CSc2ccc(Cl)cc2)no1. The first-order valence-electron chi connectivity index (χ1n) is 7.14. The summed E-state index contributed by atoms with van der Waals surface area (Å²) in [4.78, 5) is 5.59. The molecule has 2 rings (SSSR count). The first-order chi connectivity index (χ1) is 10.2. The summed E-state index contributed by atoms with van der Waals surface area (Å²) in [6, 6.07) is 8.15. The van der Waals surface area contributed by atoms with Crippen LogP contribution in [0.5, 0.6) is 0 Å². The highest BCUT2D eigenvalue weighted by atomic mass is 35.5. The Labute approximate surface area is 134 Å². The van der Waals surface area contributed by atoms with Gasteiger partial charge in [0, 0.05) is 22.4 Å². The summed E-state index contributed by atoms with van der Waals surface area (Å²) < 4.78 is 5.32. The molecule has 0 bridgehead atoms. The summed E-state index contributed by atoms with van der Waals surface area (Å²) in [6.07, 6.45) is 1.83. The molecule has 4 nitrogen and oxygen atoms in total. The van der Waals surface area contributed by atoms with Gasteiger partial charge in [-0.1, -0.05) is 30.6 Å². The van der Waals surface area contributed by atoms with Crippen LogP contribution in [0.2, 0.25) is 5.02 Å². The Kier molecular flexibility index (Phi) is 6.54. The molecule has 0 radical (unpaired) electrons. The number of nitrogens with one attached hydrogen (secondary N) is 1. The molecule has 1 unspecified atom stereocenters. The van der Waals surface area contributed by atoms with Crippen molar-refractivity contribution in [3.63, 3.8) is 0 Å². The van der Waals surface area contributed by atoms with Crippen LogP contribution in [0.3, 0.4) is 0 Å². The predicted octanol–water partition coefficient (Wildman–Crippen LogP) is 3.95. The molecule has 1 heterocycles. The third kappa shape index (κ3) is 5.34. The summed E-state index contributed by atoms with van der Waals surface area (Å²) in [5, 5.41) is 8.19. The van der Waals surface area contributed by atoms with Gasteiger partial charge in [-0.05, 0) is 37.2 Å². The first-order valence-corrected chi connectivity index (χ1v) is 8.50. The number of hydrogen-bond acceptors (Lipinski definition) is 5. The lowest BCUT2D eigenvalue weighted by atomic mass is 10.1. The topological polar surface area (TPSA) is 51.0 Å². The van der Waals surface area contributed by atoms with Crippen molar-refractivity contribution in [2.75, 3.05) is 6.54 Å². The molecular weight excluding hydrogens is 306 g/mol. The maximum absolute atomic E-state index is 5.87. The lowest BCUT2D eigenvalue weighted by molar-refractivity contribution is 0.352. The largest absolute Gasteiger partial charge is 0.339 e. The summed E-state index contributed by atoms with van der Waals surface area (Å²) in [5.74, 6) is 2.13. The van der Waals surface area contributed by atoms with Gasteiger partial charge in [-0.15, -0.1) is 11.8 Å². The van der Waals surface area contributed by atoms with Crippen molar-refractivity contribution in [1.29, 1.82) is 0 Å². The van der Waals surface area contributed by atoms with E-state index in [2.05, 4.69) is 29.3 Å². The number of rotatable bonds is 8. The van der Waals surface area contributed by atoms with Crippen molar-refractivity contribution in [2.45, 2.75) is 43.4 Å². The highest BCUT2D eigenvalue weighted by molar-refractivity contribution is 7.98. The highest BCUT2D eigenvalue weighted by Crippen LogP contribution is 2.23. The van der Waals surface area contributed by atoms with E-state index in [4.69, 9.17) is 16.1 Å². The second kappa shape index (κ2) is 8.41. The maximum Gasteiger partial charge on any atom is 0.228 e. The minimum absolute atomic E-state index is 0.396. The molecule has 6 heteroatoms. The Morgan fingerprint density at radius 3 is 2.71 bits per heavy atom. The zero-order chi connectivity index (χ0) is 15.1. The normalized spacial score (nSPS) is 12.5. The van der Waals surface area contributed by atoms with Gasteiger partial charge in [0.25, 0.3) is 0 Å². The average molecular weight is 326 g/mol. The van der Waals surface area contributed by atoms with Crippen molar-refractivity contribution >= 4 is 23.4 Å². The smallest absolute Gasteiger partial charge is 0.228 e. The van der Waals surface area contributed by atoms with E-state index in [0.717, 1.165) is 35.1 Å². The molecule has 0 spiro atoms. The fourth-order valence-electron chi connectivity index (χ4n) is 1.97. The Bertz CT molecular complexity index is 544. The van der Waals surface area contributed by atoms with Gasteiger partial charge in [-0.25, -0.2) is 0 Å². The van der Waals surface area contributed by atoms with E-state index >= 15 is 0 Å². The molecule has 1 atom stereocenters. The van der Waals surface area contributed by atoms with Crippen molar-refractivity contribution in [1.82, 2.24) is 15.5 Å². The molecule has 1 N–H and O–H groups in total. The van der Waals surface area contributed by atoms with Crippen LogP contribution >= 0.6 is 23.4 Å². The number of hydrogen-bond donors (Lipinski definition) is 1. The molecule has 0 amide bonds. The summed E-state index contributed by atoms with van der Waals surface area (Å²) in [6.45, 7) is 5.21. The van der Waals surface area contributed by atoms with Gasteiger partial charge in [-0.3, -0.25) is 0 Å². The summed E-state index contributed by atoms with van der Waals surface area (Å²) >= 11 is 7.54. The van der Waals surface area contributed by atoms with E-state index in [1.807, 2.05) is 24.3 Å². The van der Waals surface area contributed by atoms with Gasteiger partial charge in [0.05, 0.1) is 5.75 Å². The Balaban J connectivity index is 1.86. The molecule has 0 aliphatic carbocycles. The van der Waals surface area contributed by atoms with E-state index in [1.54, 1.807) is 11.8 Å². The van der Waals surface area contributed by atoms with Crippen molar-refractivity contribution < 1.29 is 4.52 Å². The monoisotopic (exact) mass is 325 g/mol. The molecule has 114 valence electrons. The number of aromatic nitrogens is 2. The van der Waals surface area contributed by atoms with E-state index in [-0.39, 0.29) is 0 Å². The molecule has 0 aliphatic rings. The van der Waals surface area contributed by atoms with Crippen LogP contribution < -0.4 is 5.32 Å². The predicted molar refractivity (Wildman–Crippen MR) is 86.8 cm³/mol. The number of benzene rings is 1. The van der Waals surface area contributed by atoms with Gasteiger partial charge in [-0.2, -0.15) is 4.98 Å². The van der Waals surface area contributed by atoms with Crippen molar-refractivity contribution in [3.8, 4) is 0 Å². The minimum atomic E-state index is 0.396. The second-order valence-electron chi connectivity index (χ2n) is 4.71. The van der Waals surface area contributed by atoms with Gasteiger partial charge in [0.1, 0.15) is 0 Å². The lowest BCUT2D eigenvalue weighted by Gasteiger charge is -2.12. The molecular formula is C15H20ClN3OS. The molecule has 1 aromatic heterocycles. The van der Waals surface area contributed by atoms with Crippen LogP contribution in [-0.2, 0) is 12.2 Å². The molecule has 0 saturated heterocycles. The van der Waals surface area contributed by atoms with Crippen molar-refractivity contribution in [2.24, 2.45) is 0 Å². The van der Waals surface area contributed by atoms with E-state index in [9.17, 15) is 0 Å². The maximum atomic E-state index is 5.87. The standard InChI is InChI=1S/C15H20ClN3OS/c1-3-12(17-4-2)9-15-18-14(19-20-15)10-21-13-7-5-11(16)6-8-13/h5-8,12,17H,3-4,9-10H2,1-2H3. The zero-order valence-corrected chi connectivity index (χ0v) is 13.9. The molecule has 2 aromatic rings. The highest BCUT2D eigenvalue weighted by Gasteiger charge is 2.12. The van der Waals surface area contributed by atoms with Crippen LogP contribution in [0.25, 0.3) is 0 Å². The van der Waals surface area contributed by atoms with Gasteiger partial charge in [0.2, 0.25) is 5.89 Å². The second-order valence-corrected chi connectivity index (χ2v) is 6.20. The van der Waals surface area contributed by atoms with E-state index < -0.39 is 0 Å². The fraction of sp³-hybridized carbons (Fsp3) is 0.467. The fourth-order valence-corrected chi connectivity index (χ4v) is 2.84.